The van der Waals surface area contributed by atoms with Crippen LogP contribution in [0.3, 0.4) is 0 Å². The number of thiazole rings is 1. The minimum Gasteiger partial charge on any atom is -0.383 e. The molecule has 0 unspecified atom stereocenters. The third-order valence-corrected chi connectivity index (χ3v) is 7.84. The Kier molecular flexibility index (Phi) is 6.66. The maximum atomic E-state index is 13.3. The van der Waals surface area contributed by atoms with Gasteiger partial charge in [-0.25, -0.2) is 22.2 Å². The SMILES string of the molecule is COCCN(CCc1csc2nc(-c3ccc(F)cc3)cn12)S(=O)(=O)c1ccc(F)cc1. The lowest BCUT2D eigenvalue weighted by Crippen LogP contribution is -2.35. The number of rotatable bonds is 9. The fraction of sp³-hybridized carbons (Fsp3) is 0.227. The molecule has 0 aliphatic rings. The number of hydrogen-bond donors (Lipinski definition) is 0. The Morgan fingerprint density at radius 3 is 2.34 bits per heavy atom. The van der Waals surface area contributed by atoms with Crippen molar-refractivity contribution in [3.8, 4) is 11.3 Å². The van der Waals surface area contributed by atoms with E-state index < -0.39 is 15.8 Å². The molecule has 0 saturated heterocycles. The normalized spacial score (nSPS) is 12.1. The van der Waals surface area contributed by atoms with Crippen LogP contribution < -0.4 is 0 Å². The van der Waals surface area contributed by atoms with Crippen LogP contribution in [0.1, 0.15) is 5.69 Å². The van der Waals surface area contributed by atoms with Gasteiger partial charge in [-0.1, -0.05) is 0 Å². The topological polar surface area (TPSA) is 63.9 Å². The summed E-state index contributed by atoms with van der Waals surface area (Å²) in [5.41, 5.74) is 2.42. The predicted octanol–water partition coefficient (Wildman–Crippen LogP) is 4.22. The molecule has 0 N–H and O–H groups in total. The van der Waals surface area contributed by atoms with Crippen LogP contribution in [0.2, 0.25) is 0 Å². The van der Waals surface area contributed by atoms with Crippen LogP contribution in [-0.2, 0) is 21.2 Å². The van der Waals surface area contributed by atoms with E-state index in [-0.39, 0.29) is 30.4 Å². The number of methoxy groups -OCH3 is 1. The number of benzene rings is 2. The van der Waals surface area contributed by atoms with Gasteiger partial charge < -0.3 is 4.74 Å². The first-order valence-electron chi connectivity index (χ1n) is 9.84. The molecule has 0 aliphatic carbocycles. The molecule has 2 heterocycles. The smallest absolute Gasteiger partial charge is 0.243 e. The Labute approximate surface area is 188 Å². The van der Waals surface area contributed by atoms with Gasteiger partial charge in [0.05, 0.1) is 17.2 Å². The summed E-state index contributed by atoms with van der Waals surface area (Å²) in [6.07, 6.45) is 2.31. The molecule has 0 aliphatic heterocycles. The van der Waals surface area contributed by atoms with Crippen molar-refractivity contribution in [2.45, 2.75) is 11.3 Å². The van der Waals surface area contributed by atoms with Crippen molar-refractivity contribution in [2.24, 2.45) is 0 Å². The zero-order chi connectivity index (χ0) is 22.7. The summed E-state index contributed by atoms with van der Waals surface area (Å²) in [7, 11) is -2.30. The summed E-state index contributed by atoms with van der Waals surface area (Å²) in [5, 5.41) is 1.94. The molecule has 0 saturated carbocycles. The fourth-order valence-corrected chi connectivity index (χ4v) is 5.64. The van der Waals surface area contributed by atoms with E-state index in [2.05, 4.69) is 4.98 Å². The molecule has 168 valence electrons. The summed E-state index contributed by atoms with van der Waals surface area (Å²) in [5.74, 6) is -0.806. The highest BCUT2D eigenvalue weighted by Crippen LogP contribution is 2.25. The van der Waals surface area contributed by atoms with E-state index in [1.165, 1.54) is 47.0 Å². The minimum absolute atomic E-state index is 0.0340. The fourth-order valence-electron chi connectivity index (χ4n) is 3.31. The van der Waals surface area contributed by atoms with Crippen LogP contribution >= 0.6 is 11.3 Å². The van der Waals surface area contributed by atoms with Gasteiger partial charge >= 0.3 is 0 Å². The Balaban J connectivity index is 1.56. The lowest BCUT2D eigenvalue weighted by molar-refractivity contribution is 0.179. The Hall–Kier alpha value is -2.66. The molecule has 0 bridgehead atoms. The van der Waals surface area contributed by atoms with E-state index in [0.29, 0.717) is 12.1 Å². The summed E-state index contributed by atoms with van der Waals surface area (Å²) in [6, 6.07) is 10.9. The van der Waals surface area contributed by atoms with Gasteiger partial charge in [0.25, 0.3) is 0 Å². The first-order chi connectivity index (χ1) is 15.4. The van der Waals surface area contributed by atoms with Gasteiger partial charge in [0, 0.05) is 49.5 Å². The van der Waals surface area contributed by atoms with Crippen LogP contribution in [0.15, 0.2) is 65.0 Å². The van der Waals surface area contributed by atoms with Crippen molar-refractivity contribution in [1.29, 1.82) is 0 Å². The van der Waals surface area contributed by atoms with E-state index in [4.69, 9.17) is 4.74 Å². The zero-order valence-electron chi connectivity index (χ0n) is 17.2. The molecular formula is C22H21F2N3O3S2. The Morgan fingerprint density at radius 1 is 1.03 bits per heavy atom. The van der Waals surface area contributed by atoms with Crippen LogP contribution in [0.25, 0.3) is 16.2 Å². The van der Waals surface area contributed by atoms with E-state index in [1.54, 1.807) is 12.1 Å². The number of halogens is 2. The molecule has 6 nitrogen and oxygen atoms in total. The van der Waals surface area contributed by atoms with E-state index in [0.717, 1.165) is 28.4 Å². The first kappa shape index (κ1) is 22.5. The second-order valence-corrected chi connectivity index (χ2v) is 9.89. The number of sulfonamides is 1. The molecule has 4 rings (SSSR count). The van der Waals surface area contributed by atoms with Crippen molar-refractivity contribution in [1.82, 2.24) is 13.7 Å². The molecule has 0 fully saturated rings. The van der Waals surface area contributed by atoms with E-state index in [1.807, 2.05) is 16.0 Å². The Morgan fingerprint density at radius 2 is 1.69 bits per heavy atom. The molecule has 4 aromatic rings. The maximum absolute atomic E-state index is 13.3. The number of aromatic nitrogens is 2. The summed E-state index contributed by atoms with van der Waals surface area (Å²) >= 11 is 1.45. The van der Waals surface area contributed by atoms with Gasteiger partial charge in [-0.3, -0.25) is 4.40 Å². The minimum atomic E-state index is -3.81. The van der Waals surface area contributed by atoms with Crippen molar-refractivity contribution >= 4 is 26.3 Å². The lowest BCUT2D eigenvalue weighted by Gasteiger charge is -2.21. The highest BCUT2D eigenvalue weighted by atomic mass is 32.2. The molecule has 0 amide bonds. The van der Waals surface area contributed by atoms with Gasteiger partial charge in [-0.2, -0.15) is 4.31 Å². The van der Waals surface area contributed by atoms with Crippen molar-refractivity contribution < 1.29 is 21.9 Å². The van der Waals surface area contributed by atoms with Gasteiger partial charge in [0.15, 0.2) is 4.96 Å². The average molecular weight is 478 g/mol. The molecule has 0 radical (unpaired) electrons. The summed E-state index contributed by atoms with van der Waals surface area (Å²) in [4.78, 5) is 5.39. The molecule has 2 aromatic heterocycles. The first-order valence-corrected chi connectivity index (χ1v) is 12.2. The molecule has 0 atom stereocenters. The van der Waals surface area contributed by atoms with E-state index >= 15 is 0 Å². The second-order valence-electron chi connectivity index (χ2n) is 7.11. The van der Waals surface area contributed by atoms with Gasteiger partial charge in [0.2, 0.25) is 10.0 Å². The largest absolute Gasteiger partial charge is 0.383 e. The van der Waals surface area contributed by atoms with E-state index in [9.17, 15) is 17.2 Å². The highest BCUT2D eigenvalue weighted by Gasteiger charge is 2.24. The molecule has 2 aromatic carbocycles. The zero-order valence-corrected chi connectivity index (χ0v) is 18.9. The highest BCUT2D eigenvalue weighted by molar-refractivity contribution is 7.89. The van der Waals surface area contributed by atoms with Crippen molar-refractivity contribution in [3.63, 3.8) is 0 Å². The average Bonchev–Trinajstić information content (AvgIpc) is 3.36. The van der Waals surface area contributed by atoms with Gasteiger partial charge in [0.1, 0.15) is 11.6 Å². The van der Waals surface area contributed by atoms with Crippen LogP contribution in [0.5, 0.6) is 0 Å². The third kappa shape index (κ3) is 4.73. The molecule has 32 heavy (non-hydrogen) atoms. The van der Waals surface area contributed by atoms with Crippen LogP contribution in [-0.4, -0.2) is 48.9 Å². The molecular weight excluding hydrogens is 456 g/mol. The standard InChI is InChI=1S/C22H21F2N3O3S2/c1-30-13-12-26(32(28,29)20-8-6-18(24)7-9-20)11-10-19-15-31-22-25-21(14-27(19)22)16-2-4-17(23)5-3-16/h2-9,14-15H,10-13H2,1H3. The Bertz CT molecular complexity index is 1300. The second kappa shape index (κ2) is 9.45. The lowest BCUT2D eigenvalue weighted by atomic mass is 10.2. The third-order valence-electron chi connectivity index (χ3n) is 5.04. The number of fused-ring (bicyclic) bond motifs is 1. The van der Waals surface area contributed by atoms with Crippen molar-refractivity contribution in [3.05, 3.63) is 77.4 Å². The quantitative estimate of drug-likeness (QED) is 0.362. The van der Waals surface area contributed by atoms with Crippen LogP contribution in [0.4, 0.5) is 8.78 Å². The monoisotopic (exact) mass is 477 g/mol. The van der Waals surface area contributed by atoms with Gasteiger partial charge in [-0.15, -0.1) is 11.3 Å². The summed E-state index contributed by atoms with van der Waals surface area (Å²) < 4.78 is 61.0. The van der Waals surface area contributed by atoms with Crippen LogP contribution in [0, 0.1) is 11.6 Å². The molecule has 0 spiro atoms. The number of hydrogen-bond acceptors (Lipinski definition) is 5. The maximum Gasteiger partial charge on any atom is 0.243 e. The predicted molar refractivity (Wildman–Crippen MR) is 119 cm³/mol. The number of ether oxygens (including phenoxy) is 1. The molecule has 10 heteroatoms. The number of imidazole rings is 1. The number of nitrogens with zero attached hydrogens (tertiary/aromatic N) is 3. The summed E-state index contributed by atoms with van der Waals surface area (Å²) in [6.45, 7) is 0.631. The van der Waals surface area contributed by atoms with Crippen molar-refractivity contribution in [2.75, 3.05) is 26.8 Å². The van der Waals surface area contributed by atoms with Gasteiger partial charge in [-0.05, 0) is 48.5 Å².